The Labute approximate surface area is 193 Å². The maximum absolute atomic E-state index is 14.7. The molecule has 170 valence electrons. The highest BCUT2D eigenvalue weighted by Gasteiger charge is 2.44. The lowest BCUT2D eigenvalue weighted by Gasteiger charge is -2.32. The van der Waals surface area contributed by atoms with Gasteiger partial charge in [0.05, 0.1) is 5.92 Å². The predicted octanol–water partition coefficient (Wildman–Crippen LogP) is 5.75. The van der Waals surface area contributed by atoms with Gasteiger partial charge in [0.1, 0.15) is 11.6 Å². The van der Waals surface area contributed by atoms with E-state index in [1.165, 1.54) is 17.7 Å². The molecule has 2 aromatic rings. The lowest BCUT2D eigenvalue weighted by Crippen LogP contribution is -2.43. The molecular formula is C26H29ClF2N2O. The van der Waals surface area contributed by atoms with E-state index in [-0.39, 0.29) is 23.3 Å². The minimum atomic E-state index is -0.601. The van der Waals surface area contributed by atoms with Gasteiger partial charge in [-0.1, -0.05) is 35.9 Å². The molecule has 0 N–H and O–H groups in total. The number of halogens is 3. The SMILES string of the molecule is CC(C)(C)N1C[C@@H](C(=O)N2CC=C(c3ccc(Cl)cc3)CC2)[C@H](c2ccc(F)cc2F)C1. The van der Waals surface area contributed by atoms with Crippen LogP contribution in [0.4, 0.5) is 8.78 Å². The van der Waals surface area contributed by atoms with Crippen LogP contribution in [0.25, 0.3) is 5.57 Å². The van der Waals surface area contributed by atoms with E-state index in [0.29, 0.717) is 36.8 Å². The molecule has 2 aliphatic heterocycles. The zero-order valence-corrected chi connectivity index (χ0v) is 19.5. The second kappa shape index (κ2) is 8.95. The molecule has 2 atom stereocenters. The van der Waals surface area contributed by atoms with Crippen LogP contribution in [-0.4, -0.2) is 47.4 Å². The van der Waals surface area contributed by atoms with E-state index in [1.54, 1.807) is 0 Å². The molecule has 0 saturated carbocycles. The number of hydrogen-bond donors (Lipinski definition) is 0. The number of carbonyl (C=O) groups is 1. The molecule has 32 heavy (non-hydrogen) atoms. The summed E-state index contributed by atoms with van der Waals surface area (Å²) in [5.74, 6) is -1.80. The molecule has 1 fully saturated rings. The third kappa shape index (κ3) is 4.74. The Hall–Kier alpha value is -2.24. The molecule has 3 nitrogen and oxygen atoms in total. The van der Waals surface area contributed by atoms with Crippen molar-refractivity contribution >= 4 is 23.1 Å². The minimum Gasteiger partial charge on any atom is -0.338 e. The second-order valence-corrected chi connectivity index (χ2v) is 10.2. The molecular weight excluding hydrogens is 430 g/mol. The molecule has 0 radical (unpaired) electrons. The molecule has 4 rings (SSSR count). The third-order valence-electron chi connectivity index (χ3n) is 6.68. The molecule has 2 heterocycles. The van der Waals surface area contributed by atoms with Gasteiger partial charge in [0, 0.05) is 48.7 Å². The standard InChI is InChI=1S/C26H29ClF2N2O/c1-26(2,3)31-15-22(21-9-8-20(28)14-24(21)29)23(16-31)25(32)30-12-10-18(11-13-30)17-4-6-19(27)7-5-17/h4-10,14,22-23H,11-13,15-16H2,1-3H3/t22-,23+/m0/s1. The van der Waals surface area contributed by atoms with E-state index in [2.05, 4.69) is 31.7 Å². The highest BCUT2D eigenvalue weighted by atomic mass is 35.5. The van der Waals surface area contributed by atoms with Gasteiger partial charge >= 0.3 is 0 Å². The van der Waals surface area contributed by atoms with Crippen molar-refractivity contribution < 1.29 is 13.6 Å². The number of hydrogen-bond acceptors (Lipinski definition) is 2. The van der Waals surface area contributed by atoms with Crippen molar-refractivity contribution in [1.29, 1.82) is 0 Å². The fourth-order valence-corrected chi connectivity index (χ4v) is 4.88. The molecule has 0 bridgehead atoms. The van der Waals surface area contributed by atoms with Crippen LogP contribution in [0.5, 0.6) is 0 Å². The molecule has 1 saturated heterocycles. The van der Waals surface area contributed by atoms with Crippen LogP contribution in [-0.2, 0) is 4.79 Å². The Morgan fingerprint density at radius 3 is 2.38 bits per heavy atom. The lowest BCUT2D eigenvalue weighted by atomic mass is 9.87. The van der Waals surface area contributed by atoms with Crippen molar-refractivity contribution in [2.45, 2.75) is 38.6 Å². The lowest BCUT2D eigenvalue weighted by molar-refractivity contribution is -0.135. The summed E-state index contributed by atoms with van der Waals surface area (Å²) in [4.78, 5) is 17.7. The maximum atomic E-state index is 14.7. The first kappa shape index (κ1) is 22.9. The fraction of sp³-hybridized carbons (Fsp3) is 0.423. The topological polar surface area (TPSA) is 23.6 Å². The van der Waals surface area contributed by atoms with Crippen LogP contribution in [0.3, 0.4) is 0 Å². The Balaban J connectivity index is 1.55. The average Bonchev–Trinajstić information content (AvgIpc) is 3.20. The summed E-state index contributed by atoms with van der Waals surface area (Å²) in [5, 5.41) is 0.700. The molecule has 0 spiro atoms. The number of rotatable bonds is 3. The van der Waals surface area contributed by atoms with Crippen LogP contribution in [0.1, 0.15) is 44.2 Å². The summed E-state index contributed by atoms with van der Waals surface area (Å²) < 4.78 is 28.2. The van der Waals surface area contributed by atoms with Crippen LogP contribution in [0, 0.1) is 17.6 Å². The van der Waals surface area contributed by atoms with Gasteiger partial charge in [0.15, 0.2) is 0 Å². The summed E-state index contributed by atoms with van der Waals surface area (Å²) in [7, 11) is 0. The van der Waals surface area contributed by atoms with Crippen molar-refractivity contribution in [2.75, 3.05) is 26.2 Å². The number of carbonyl (C=O) groups excluding carboxylic acids is 1. The number of amides is 1. The maximum Gasteiger partial charge on any atom is 0.227 e. The van der Waals surface area contributed by atoms with Crippen molar-refractivity contribution in [3.63, 3.8) is 0 Å². The summed E-state index contributed by atoms with van der Waals surface area (Å²) in [6.45, 7) is 8.58. The van der Waals surface area contributed by atoms with E-state index < -0.39 is 11.6 Å². The van der Waals surface area contributed by atoms with Crippen LogP contribution in [0.15, 0.2) is 48.5 Å². The van der Waals surface area contributed by atoms with Gasteiger partial charge in [-0.05, 0) is 62.1 Å². The predicted molar refractivity (Wildman–Crippen MR) is 125 cm³/mol. The van der Waals surface area contributed by atoms with Gasteiger partial charge in [-0.25, -0.2) is 8.78 Å². The van der Waals surface area contributed by atoms with Crippen molar-refractivity contribution in [3.05, 3.63) is 76.3 Å². The number of benzene rings is 2. The normalized spacial score (nSPS) is 22.2. The van der Waals surface area contributed by atoms with E-state index in [4.69, 9.17) is 11.6 Å². The van der Waals surface area contributed by atoms with E-state index in [0.717, 1.165) is 18.1 Å². The van der Waals surface area contributed by atoms with E-state index >= 15 is 0 Å². The monoisotopic (exact) mass is 458 g/mol. The van der Waals surface area contributed by atoms with E-state index in [9.17, 15) is 13.6 Å². The Kier molecular flexibility index (Phi) is 6.42. The molecule has 0 unspecified atom stereocenters. The number of likely N-dealkylation sites (tertiary alicyclic amines) is 1. The summed E-state index contributed by atoms with van der Waals surface area (Å²) >= 11 is 5.99. The first-order chi connectivity index (χ1) is 15.1. The van der Waals surface area contributed by atoms with Gasteiger partial charge < -0.3 is 4.90 Å². The van der Waals surface area contributed by atoms with Gasteiger partial charge in [0.25, 0.3) is 0 Å². The first-order valence-corrected chi connectivity index (χ1v) is 11.4. The number of nitrogens with zero attached hydrogens (tertiary/aromatic N) is 2. The minimum absolute atomic E-state index is 0.0388. The van der Waals surface area contributed by atoms with Gasteiger partial charge in [-0.2, -0.15) is 0 Å². The van der Waals surface area contributed by atoms with E-state index in [1.807, 2.05) is 29.2 Å². The van der Waals surface area contributed by atoms with Gasteiger partial charge in [-0.15, -0.1) is 0 Å². The Morgan fingerprint density at radius 1 is 1.06 bits per heavy atom. The highest BCUT2D eigenvalue weighted by Crippen LogP contribution is 2.39. The smallest absolute Gasteiger partial charge is 0.227 e. The molecule has 2 aliphatic rings. The summed E-state index contributed by atoms with van der Waals surface area (Å²) in [6, 6.07) is 11.4. The second-order valence-electron chi connectivity index (χ2n) is 9.73. The van der Waals surface area contributed by atoms with Crippen molar-refractivity contribution in [1.82, 2.24) is 9.80 Å². The van der Waals surface area contributed by atoms with Crippen molar-refractivity contribution in [2.24, 2.45) is 5.92 Å². The quantitative estimate of drug-likeness (QED) is 0.584. The van der Waals surface area contributed by atoms with Crippen molar-refractivity contribution in [3.8, 4) is 0 Å². The zero-order chi connectivity index (χ0) is 23.0. The third-order valence-corrected chi connectivity index (χ3v) is 6.94. The molecule has 0 aliphatic carbocycles. The highest BCUT2D eigenvalue weighted by molar-refractivity contribution is 6.30. The molecule has 6 heteroatoms. The van der Waals surface area contributed by atoms with Gasteiger partial charge in [-0.3, -0.25) is 9.69 Å². The van der Waals surface area contributed by atoms with Crippen LogP contribution >= 0.6 is 11.6 Å². The first-order valence-electron chi connectivity index (χ1n) is 11.1. The molecule has 1 amide bonds. The Morgan fingerprint density at radius 2 is 1.78 bits per heavy atom. The summed E-state index contributed by atoms with van der Waals surface area (Å²) in [5.41, 5.74) is 2.60. The fourth-order valence-electron chi connectivity index (χ4n) is 4.75. The molecule has 2 aromatic carbocycles. The van der Waals surface area contributed by atoms with Crippen LogP contribution < -0.4 is 0 Å². The van der Waals surface area contributed by atoms with Crippen LogP contribution in [0.2, 0.25) is 5.02 Å². The molecule has 0 aromatic heterocycles. The average molecular weight is 459 g/mol. The van der Waals surface area contributed by atoms with Gasteiger partial charge in [0.2, 0.25) is 5.91 Å². The summed E-state index contributed by atoms with van der Waals surface area (Å²) in [6.07, 6.45) is 2.85. The Bertz CT molecular complexity index is 1030. The zero-order valence-electron chi connectivity index (χ0n) is 18.7. The largest absolute Gasteiger partial charge is 0.338 e.